The van der Waals surface area contributed by atoms with E-state index in [0.717, 1.165) is 10.8 Å². The van der Waals surface area contributed by atoms with Gasteiger partial charge in [0.1, 0.15) is 12.3 Å². The van der Waals surface area contributed by atoms with Crippen molar-refractivity contribution in [3.8, 4) is 0 Å². The van der Waals surface area contributed by atoms with Crippen molar-refractivity contribution in [2.75, 3.05) is 23.4 Å². The Balaban J connectivity index is 3.00. The van der Waals surface area contributed by atoms with Gasteiger partial charge in [-0.2, -0.15) is 0 Å². The molecule has 0 N–H and O–H groups in total. The van der Waals surface area contributed by atoms with Gasteiger partial charge in [0, 0.05) is 4.43 Å². The van der Waals surface area contributed by atoms with E-state index in [2.05, 4.69) is 22.6 Å². The van der Waals surface area contributed by atoms with Gasteiger partial charge >= 0.3 is 5.97 Å². The smallest absolute Gasteiger partial charge is 0.319 e. The molecule has 5 heteroatoms. The Morgan fingerprint density at radius 2 is 2.00 bits per heavy atom. The Morgan fingerprint density at radius 3 is 2.31 bits per heavy atom. The average Bonchev–Trinajstić information content (AvgIpc) is 3.04. The summed E-state index contributed by atoms with van der Waals surface area (Å²) < 4.78 is 18.8. The molecule has 0 aromatic heterocycles. The molecule has 1 rings (SSSR count). The van der Waals surface area contributed by atoms with Crippen LogP contribution in [-0.4, -0.2) is 34.5 Å². The highest BCUT2D eigenvalue weighted by Crippen LogP contribution is 2.73. The SMILES string of the molecule is CCOC(=O)[C@]1(P(=O)(CC)CC)C[C@@H]1CI. The van der Waals surface area contributed by atoms with Crippen LogP contribution in [0.5, 0.6) is 0 Å². The van der Waals surface area contributed by atoms with Crippen LogP contribution >= 0.6 is 29.7 Å². The summed E-state index contributed by atoms with van der Waals surface area (Å²) in [6.45, 7) is 6.03. The zero-order valence-electron chi connectivity index (χ0n) is 10.2. The lowest BCUT2D eigenvalue weighted by Gasteiger charge is -2.25. The zero-order valence-corrected chi connectivity index (χ0v) is 13.2. The van der Waals surface area contributed by atoms with Crippen LogP contribution in [0.25, 0.3) is 0 Å². The van der Waals surface area contributed by atoms with Crippen LogP contribution in [-0.2, 0) is 14.1 Å². The second-order valence-corrected chi connectivity index (χ2v) is 8.94. The van der Waals surface area contributed by atoms with Crippen molar-refractivity contribution in [1.82, 2.24) is 0 Å². The Morgan fingerprint density at radius 1 is 1.44 bits per heavy atom. The average molecular weight is 358 g/mol. The van der Waals surface area contributed by atoms with Crippen molar-refractivity contribution in [2.24, 2.45) is 5.92 Å². The van der Waals surface area contributed by atoms with Crippen molar-refractivity contribution in [3.05, 3.63) is 0 Å². The molecule has 0 saturated heterocycles. The fourth-order valence-corrected chi connectivity index (χ4v) is 7.15. The van der Waals surface area contributed by atoms with E-state index in [1.807, 2.05) is 13.8 Å². The first kappa shape index (κ1) is 14.5. The van der Waals surface area contributed by atoms with E-state index in [-0.39, 0.29) is 11.9 Å². The fraction of sp³-hybridized carbons (Fsp3) is 0.909. The molecule has 0 radical (unpaired) electrons. The van der Waals surface area contributed by atoms with Gasteiger partial charge in [0.05, 0.1) is 6.61 Å². The molecule has 0 heterocycles. The second kappa shape index (κ2) is 5.38. The molecule has 1 aliphatic rings. The third-order valence-electron chi connectivity index (χ3n) is 3.64. The second-order valence-electron chi connectivity index (χ2n) is 4.22. The first-order valence-electron chi connectivity index (χ1n) is 5.83. The van der Waals surface area contributed by atoms with Crippen LogP contribution in [0.15, 0.2) is 0 Å². The molecule has 94 valence electrons. The molecule has 0 aromatic carbocycles. The summed E-state index contributed by atoms with van der Waals surface area (Å²) in [6, 6.07) is 0. The maximum absolute atomic E-state index is 12.8. The number of hydrogen-bond donors (Lipinski definition) is 0. The van der Waals surface area contributed by atoms with E-state index in [1.165, 1.54) is 0 Å². The standard InChI is InChI=1S/C11H20IO3P/c1-4-15-10(13)11(7-9(11)8-12)16(14,5-2)6-3/h9H,4-8H2,1-3H3/t9-,11+/m1/s1. The molecule has 0 amide bonds. The fourth-order valence-electron chi connectivity index (χ4n) is 2.46. The van der Waals surface area contributed by atoms with Crippen LogP contribution in [0.3, 0.4) is 0 Å². The quantitative estimate of drug-likeness (QED) is 0.317. The van der Waals surface area contributed by atoms with Gasteiger partial charge in [0.2, 0.25) is 0 Å². The monoisotopic (exact) mass is 358 g/mol. The minimum atomic E-state index is -2.41. The van der Waals surface area contributed by atoms with E-state index in [9.17, 15) is 9.36 Å². The molecule has 0 bridgehead atoms. The molecular formula is C11H20IO3P. The maximum atomic E-state index is 12.8. The first-order valence-corrected chi connectivity index (χ1v) is 9.44. The van der Waals surface area contributed by atoms with E-state index in [4.69, 9.17) is 4.74 Å². The lowest BCUT2D eigenvalue weighted by Crippen LogP contribution is -2.30. The minimum absolute atomic E-state index is 0.219. The first-order chi connectivity index (χ1) is 7.52. The molecule has 2 atom stereocenters. The molecule has 0 aliphatic heterocycles. The number of ether oxygens (including phenoxy) is 1. The van der Waals surface area contributed by atoms with Crippen LogP contribution in [0.2, 0.25) is 0 Å². The largest absolute Gasteiger partial charge is 0.465 e. The minimum Gasteiger partial charge on any atom is -0.465 e. The Labute approximate surface area is 111 Å². The van der Waals surface area contributed by atoms with Crippen LogP contribution in [0.1, 0.15) is 27.2 Å². The lowest BCUT2D eigenvalue weighted by molar-refractivity contribution is -0.143. The predicted molar refractivity (Wildman–Crippen MR) is 75.0 cm³/mol. The van der Waals surface area contributed by atoms with E-state index in [1.54, 1.807) is 6.92 Å². The third kappa shape index (κ3) is 2.07. The lowest BCUT2D eigenvalue weighted by atomic mass is 10.3. The summed E-state index contributed by atoms with van der Waals surface area (Å²) in [5.74, 6) is 0.0431. The number of halogens is 1. The Kier molecular flexibility index (Phi) is 4.88. The van der Waals surface area contributed by atoms with E-state index >= 15 is 0 Å². The number of rotatable bonds is 6. The molecule has 0 aromatic rings. The molecule has 3 nitrogen and oxygen atoms in total. The molecule has 1 saturated carbocycles. The van der Waals surface area contributed by atoms with Gasteiger partial charge in [0.15, 0.2) is 0 Å². The van der Waals surface area contributed by atoms with Crippen LogP contribution < -0.4 is 0 Å². The van der Waals surface area contributed by atoms with Crippen LogP contribution in [0, 0.1) is 5.92 Å². The Hall–Kier alpha value is 0.430. The summed E-state index contributed by atoms with van der Waals surface area (Å²) in [6.07, 6.45) is 1.97. The molecule has 1 aliphatic carbocycles. The highest BCUT2D eigenvalue weighted by molar-refractivity contribution is 14.1. The number of carbonyl (C=O) groups excluding carboxylic acids is 1. The van der Waals surface area contributed by atoms with E-state index < -0.39 is 12.3 Å². The van der Waals surface area contributed by atoms with Crippen molar-refractivity contribution in [2.45, 2.75) is 32.3 Å². The normalized spacial score (nSPS) is 28.9. The maximum Gasteiger partial charge on any atom is 0.319 e. The van der Waals surface area contributed by atoms with Crippen LogP contribution in [0.4, 0.5) is 0 Å². The number of esters is 1. The Bertz CT molecular complexity index is 310. The summed E-state index contributed by atoms with van der Waals surface area (Å²) in [5.41, 5.74) is 0. The number of carbonyl (C=O) groups is 1. The van der Waals surface area contributed by atoms with Gasteiger partial charge in [-0.05, 0) is 31.6 Å². The van der Waals surface area contributed by atoms with Gasteiger partial charge in [-0.3, -0.25) is 4.79 Å². The summed E-state index contributed by atoms with van der Waals surface area (Å²) >= 11 is 2.27. The van der Waals surface area contributed by atoms with Crippen molar-refractivity contribution in [3.63, 3.8) is 0 Å². The van der Waals surface area contributed by atoms with Gasteiger partial charge in [-0.1, -0.05) is 36.4 Å². The number of alkyl halides is 1. The molecular weight excluding hydrogens is 338 g/mol. The predicted octanol–water partition coefficient (Wildman–Crippen LogP) is 3.15. The van der Waals surface area contributed by atoms with Gasteiger partial charge in [-0.25, -0.2) is 0 Å². The highest BCUT2D eigenvalue weighted by atomic mass is 127. The summed E-state index contributed by atoms with van der Waals surface area (Å²) in [4.78, 5) is 12.1. The molecule has 16 heavy (non-hydrogen) atoms. The molecule has 0 spiro atoms. The number of hydrogen-bond acceptors (Lipinski definition) is 3. The zero-order chi connectivity index (χ0) is 12.4. The topological polar surface area (TPSA) is 43.4 Å². The van der Waals surface area contributed by atoms with Gasteiger partial charge < -0.3 is 9.30 Å². The van der Waals surface area contributed by atoms with Crippen molar-refractivity contribution in [1.29, 1.82) is 0 Å². The molecule has 1 fully saturated rings. The van der Waals surface area contributed by atoms with Crippen molar-refractivity contribution >= 4 is 35.7 Å². The van der Waals surface area contributed by atoms with Gasteiger partial charge in [-0.15, -0.1) is 0 Å². The van der Waals surface area contributed by atoms with Gasteiger partial charge in [0.25, 0.3) is 0 Å². The van der Waals surface area contributed by atoms with Crippen molar-refractivity contribution < 1.29 is 14.1 Å². The third-order valence-corrected chi connectivity index (χ3v) is 8.93. The van der Waals surface area contributed by atoms with E-state index in [0.29, 0.717) is 18.9 Å². The summed E-state index contributed by atoms with van der Waals surface area (Å²) in [7, 11) is -2.41. The molecule has 0 unspecified atom stereocenters. The highest BCUT2D eigenvalue weighted by Gasteiger charge is 2.69. The summed E-state index contributed by atoms with van der Waals surface area (Å²) in [5, 5.41) is -0.631.